The Bertz CT molecular complexity index is 672. The summed E-state index contributed by atoms with van der Waals surface area (Å²) in [5.74, 6) is 0. The summed E-state index contributed by atoms with van der Waals surface area (Å²) in [7, 11) is -3.64. The molecule has 0 saturated heterocycles. The van der Waals surface area contributed by atoms with Crippen LogP contribution < -0.4 is 4.72 Å². The van der Waals surface area contributed by atoms with Gasteiger partial charge in [-0.05, 0) is 36.8 Å². The van der Waals surface area contributed by atoms with E-state index in [1.54, 1.807) is 43.5 Å². The summed E-state index contributed by atoms with van der Waals surface area (Å²) < 4.78 is 27.1. The molecule has 20 heavy (non-hydrogen) atoms. The van der Waals surface area contributed by atoms with E-state index >= 15 is 0 Å². The van der Waals surface area contributed by atoms with Crippen molar-refractivity contribution < 1.29 is 13.5 Å². The van der Waals surface area contributed by atoms with Gasteiger partial charge in [0.05, 0.1) is 23.2 Å². The van der Waals surface area contributed by atoms with Crippen LogP contribution in [0.1, 0.15) is 24.2 Å². The number of aliphatic hydroxyl groups excluding tert-OH is 1. The summed E-state index contributed by atoms with van der Waals surface area (Å²) in [4.78, 5) is 4.25. The first-order valence-electron chi connectivity index (χ1n) is 6.16. The van der Waals surface area contributed by atoms with E-state index in [1.165, 1.54) is 12.1 Å². The third-order valence-corrected chi connectivity index (χ3v) is 4.39. The van der Waals surface area contributed by atoms with Crippen molar-refractivity contribution in [3.63, 3.8) is 0 Å². The van der Waals surface area contributed by atoms with Crippen LogP contribution in [0.2, 0.25) is 0 Å². The normalized spacial score (nSPS) is 13.1. The van der Waals surface area contributed by atoms with Crippen LogP contribution in [0.15, 0.2) is 53.6 Å². The second-order valence-electron chi connectivity index (χ2n) is 4.40. The first-order chi connectivity index (χ1) is 9.53. The third kappa shape index (κ3) is 3.41. The first-order valence-corrected chi connectivity index (χ1v) is 7.64. The zero-order valence-corrected chi connectivity index (χ0v) is 11.8. The van der Waals surface area contributed by atoms with Gasteiger partial charge < -0.3 is 5.11 Å². The fourth-order valence-electron chi connectivity index (χ4n) is 1.80. The minimum absolute atomic E-state index is 0.131. The fraction of sp³-hybridized carbons (Fsp3) is 0.214. The molecule has 0 radical (unpaired) electrons. The average molecular weight is 292 g/mol. The number of pyridine rings is 1. The molecule has 0 aliphatic rings. The molecule has 0 saturated carbocycles. The Balaban J connectivity index is 2.23. The van der Waals surface area contributed by atoms with E-state index in [-0.39, 0.29) is 11.5 Å². The molecule has 2 rings (SSSR count). The average Bonchev–Trinajstić information content (AvgIpc) is 2.48. The molecule has 0 spiro atoms. The van der Waals surface area contributed by atoms with Crippen molar-refractivity contribution in [2.45, 2.75) is 24.5 Å². The van der Waals surface area contributed by atoms with Crippen LogP contribution in [-0.4, -0.2) is 18.5 Å². The lowest BCUT2D eigenvalue weighted by Gasteiger charge is -2.14. The Morgan fingerprint density at radius 2 is 2.05 bits per heavy atom. The Morgan fingerprint density at radius 3 is 2.70 bits per heavy atom. The maximum Gasteiger partial charge on any atom is 0.241 e. The van der Waals surface area contributed by atoms with Gasteiger partial charge in [0, 0.05) is 6.20 Å². The van der Waals surface area contributed by atoms with E-state index in [2.05, 4.69) is 9.71 Å². The largest absolute Gasteiger partial charge is 0.392 e. The highest BCUT2D eigenvalue weighted by atomic mass is 32.2. The van der Waals surface area contributed by atoms with E-state index < -0.39 is 16.1 Å². The molecule has 2 N–H and O–H groups in total. The van der Waals surface area contributed by atoms with Crippen LogP contribution in [-0.2, 0) is 16.6 Å². The molecule has 0 bridgehead atoms. The molecular formula is C14H16N2O3S. The SMILES string of the molecule is CC(NS(=O)(=O)c1cccc(CO)c1)c1ccccn1. The predicted octanol–water partition coefficient (Wildman–Crippen LogP) is 1.61. The molecule has 2 aromatic rings. The molecule has 1 aromatic heterocycles. The maximum atomic E-state index is 12.3. The van der Waals surface area contributed by atoms with E-state index in [9.17, 15) is 8.42 Å². The lowest BCUT2D eigenvalue weighted by Crippen LogP contribution is -2.27. The highest BCUT2D eigenvalue weighted by Crippen LogP contribution is 2.16. The number of nitrogens with zero attached hydrogens (tertiary/aromatic N) is 1. The zero-order valence-electron chi connectivity index (χ0n) is 11.0. The number of hydrogen-bond donors (Lipinski definition) is 2. The van der Waals surface area contributed by atoms with Crippen molar-refractivity contribution in [3.05, 3.63) is 59.9 Å². The number of rotatable bonds is 5. The topological polar surface area (TPSA) is 79.3 Å². The standard InChI is InChI=1S/C14H16N2O3S/c1-11(14-7-2-3-8-15-14)16-20(18,19)13-6-4-5-12(9-13)10-17/h2-9,11,16-17H,10H2,1H3. The van der Waals surface area contributed by atoms with Gasteiger partial charge in [0.1, 0.15) is 0 Å². The smallest absolute Gasteiger partial charge is 0.241 e. The number of aliphatic hydroxyl groups is 1. The summed E-state index contributed by atoms with van der Waals surface area (Å²) in [6.07, 6.45) is 1.62. The molecule has 5 nitrogen and oxygen atoms in total. The van der Waals surface area contributed by atoms with Crippen molar-refractivity contribution in [3.8, 4) is 0 Å². The molecule has 1 aromatic carbocycles. The van der Waals surface area contributed by atoms with Crippen LogP contribution in [0.4, 0.5) is 0 Å². The molecule has 0 aliphatic heterocycles. The molecule has 1 heterocycles. The van der Waals surface area contributed by atoms with Gasteiger partial charge in [-0.1, -0.05) is 18.2 Å². The van der Waals surface area contributed by atoms with Gasteiger partial charge in [-0.2, -0.15) is 0 Å². The van der Waals surface area contributed by atoms with Crippen LogP contribution in [0, 0.1) is 0 Å². The summed E-state index contributed by atoms with van der Waals surface area (Å²) >= 11 is 0. The van der Waals surface area contributed by atoms with E-state index in [0.717, 1.165) is 0 Å². The highest BCUT2D eigenvalue weighted by Gasteiger charge is 2.19. The van der Waals surface area contributed by atoms with Gasteiger partial charge in [-0.15, -0.1) is 0 Å². The van der Waals surface area contributed by atoms with Gasteiger partial charge in [0.25, 0.3) is 0 Å². The van der Waals surface area contributed by atoms with E-state index in [4.69, 9.17) is 5.11 Å². The second-order valence-corrected chi connectivity index (χ2v) is 6.12. The number of sulfonamides is 1. The van der Waals surface area contributed by atoms with Crippen molar-refractivity contribution in [1.82, 2.24) is 9.71 Å². The lowest BCUT2D eigenvalue weighted by molar-refractivity contribution is 0.281. The summed E-state index contributed by atoms with van der Waals surface area (Å²) in [6.45, 7) is 1.54. The second kappa shape index (κ2) is 6.13. The van der Waals surface area contributed by atoms with E-state index in [1.807, 2.05) is 0 Å². The Hall–Kier alpha value is -1.76. The highest BCUT2D eigenvalue weighted by molar-refractivity contribution is 7.89. The Labute approximate surface area is 118 Å². The maximum absolute atomic E-state index is 12.3. The first kappa shape index (κ1) is 14.6. The molecule has 1 atom stereocenters. The van der Waals surface area contributed by atoms with Gasteiger partial charge >= 0.3 is 0 Å². The number of nitrogens with one attached hydrogen (secondary N) is 1. The monoisotopic (exact) mass is 292 g/mol. The van der Waals surface area contributed by atoms with Gasteiger partial charge in [0.2, 0.25) is 10.0 Å². The van der Waals surface area contributed by atoms with Gasteiger partial charge in [-0.3, -0.25) is 4.98 Å². The number of hydrogen-bond acceptors (Lipinski definition) is 4. The zero-order chi connectivity index (χ0) is 14.6. The molecule has 1 unspecified atom stereocenters. The van der Waals surface area contributed by atoms with Crippen molar-refractivity contribution in [2.24, 2.45) is 0 Å². The lowest BCUT2D eigenvalue weighted by atomic mass is 10.2. The quantitative estimate of drug-likeness (QED) is 0.877. The molecule has 106 valence electrons. The summed E-state index contributed by atoms with van der Waals surface area (Å²) in [6, 6.07) is 11.1. The van der Waals surface area contributed by atoms with Crippen LogP contribution in [0.5, 0.6) is 0 Å². The third-order valence-electron chi connectivity index (χ3n) is 2.85. The number of aromatic nitrogens is 1. The molecule has 6 heteroatoms. The van der Waals surface area contributed by atoms with Gasteiger partial charge in [-0.25, -0.2) is 13.1 Å². The Morgan fingerprint density at radius 1 is 1.25 bits per heavy atom. The van der Waals surface area contributed by atoms with Crippen molar-refractivity contribution >= 4 is 10.0 Å². The number of benzene rings is 1. The molecular weight excluding hydrogens is 276 g/mol. The Kier molecular flexibility index (Phi) is 4.49. The summed E-state index contributed by atoms with van der Waals surface area (Å²) in [5, 5.41) is 9.06. The molecule has 0 amide bonds. The van der Waals surface area contributed by atoms with E-state index in [0.29, 0.717) is 11.3 Å². The van der Waals surface area contributed by atoms with Crippen molar-refractivity contribution in [2.75, 3.05) is 0 Å². The van der Waals surface area contributed by atoms with Crippen molar-refractivity contribution in [1.29, 1.82) is 0 Å². The molecule has 0 fully saturated rings. The van der Waals surface area contributed by atoms with Gasteiger partial charge in [0.15, 0.2) is 0 Å². The molecule has 0 aliphatic carbocycles. The minimum atomic E-state index is -3.64. The summed E-state index contributed by atoms with van der Waals surface area (Å²) in [5.41, 5.74) is 1.20. The fourth-order valence-corrected chi connectivity index (χ4v) is 3.09. The van der Waals surface area contributed by atoms with Crippen LogP contribution >= 0.6 is 0 Å². The van der Waals surface area contributed by atoms with Crippen LogP contribution in [0.3, 0.4) is 0 Å². The minimum Gasteiger partial charge on any atom is -0.392 e. The van der Waals surface area contributed by atoms with Crippen LogP contribution in [0.25, 0.3) is 0 Å². The predicted molar refractivity (Wildman–Crippen MR) is 75.3 cm³/mol.